The lowest BCUT2D eigenvalue weighted by Crippen LogP contribution is -2.31. The maximum absolute atomic E-state index is 8.66. The van der Waals surface area contributed by atoms with Crippen molar-refractivity contribution in [1.82, 2.24) is 20.3 Å². The van der Waals surface area contributed by atoms with Crippen molar-refractivity contribution in [3.05, 3.63) is 47.9 Å². The van der Waals surface area contributed by atoms with E-state index in [4.69, 9.17) is 11.1 Å². The molecule has 0 radical (unpaired) electrons. The molecule has 1 aliphatic rings. The summed E-state index contributed by atoms with van der Waals surface area (Å²) in [5.41, 5.74) is 9.30. The molecule has 0 bridgehead atoms. The van der Waals surface area contributed by atoms with E-state index in [0.29, 0.717) is 35.2 Å². The summed E-state index contributed by atoms with van der Waals surface area (Å²) in [6, 6.07) is 8.11. The number of nitrogens with zero attached hydrogens (tertiary/aromatic N) is 2. The Morgan fingerprint density at radius 1 is 1.22 bits per heavy atom. The summed E-state index contributed by atoms with van der Waals surface area (Å²) >= 11 is 0. The molecule has 7 nitrogen and oxygen atoms in total. The van der Waals surface area contributed by atoms with E-state index in [2.05, 4.69) is 31.7 Å². The number of fused-ring (bicyclic) bond motifs is 1. The molecule has 1 saturated heterocycles. The Balaban J connectivity index is 1.54. The highest BCUT2D eigenvalue weighted by Gasteiger charge is 2.18. The summed E-state index contributed by atoms with van der Waals surface area (Å²) in [7, 11) is 0. The molecule has 1 fully saturated rings. The third-order valence-corrected chi connectivity index (χ3v) is 5.24. The number of rotatable bonds is 6. The predicted molar refractivity (Wildman–Crippen MR) is 109 cm³/mol. The molecule has 3 aromatic rings. The summed E-state index contributed by atoms with van der Waals surface area (Å²) in [5.74, 6) is 1.62. The first-order chi connectivity index (χ1) is 13.2. The molecule has 3 heterocycles. The Morgan fingerprint density at radius 3 is 2.89 bits per heavy atom. The van der Waals surface area contributed by atoms with Gasteiger partial charge < -0.3 is 26.8 Å². The van der Waals surface area contributed by atoms with Crippen LogP contribution in [0.25, 0.3) is 10.9 Å². The molecule has 7 heteroatoms. The molecule has 140 valence electrons. The first kappa shape index (κ1) is 17.5. The van der Waals surface area contributed by atoms with E-state index in [0.717, 1.165) is 48.9 Å². The van der Waals surface area contributed by atoms with Crippen LogP contribution < -0.4 is 16.4 Å². The molecule has 0 amide bonds. The van der Waals surface area contributed by atoms with Gasteiger partial charge in [-0.25, -0.2) is 9.97 Å². The van der Waals surface area contributed by atoms with E-state index in [1.54, 1.807) is 0 Å². The SMILES string of the molecule is N=C(Cc1c[nH]c2ccccc12)c1c(N)ncnc1NCC1CCNCC1. The third kappa shape index (κ3) is 3.78. The van der Waals surface area contributed by atoms with Gasteiger partial charge in [0.1, 0.15) is 18.0 Å². The average Bonchev–Trinajstić information content (AvgIpc) is 3.10. The van der Waals surface area contributed by atoms with E-state index in [1.807, 2.05) is 24.4 Å². The smallest absolute Gasteiger partial charge is 0.140 e. The Kier molecular flexibility index (Phi) is 5.02. The van der Waals surface area contributed by atoms with Crippen LogP contribution >= 0.6 is 0 Å². The fourth-order valence-corrected chi connectivity index (χ4v) is 3.71. The van der Waals surface area contributed by atoms with Gasteiger partial charge in [-0.15, -0.1) is 0 Å². The molecule has 1 aromatic carbocycles. The van der Waals surface area contributed by atoms with Gasteiger partial charge in [0, 0.05) is 30.1 Å². The number of piperidine rings is 1. The van der Waals surface area contributed by atoms with E-state index in [9.17, 15) is 0 Å². The van der Waals surface area contributed by atoms with Crippen molar-refractivity contribution >= 4 is 28.3 Å². The van der Waals surface area contributed by atoms with Crippen LogP contribution in [0, 0.1) is 11.3 Å². The van der Waals surface area contributed by atoms with Crippen LogP contribution in [0.1, 0.15) is 24.0 Å². The monoisotopic (exact) mass is 363 g/mol. The lowest BCUT2D eigenvalue weighted by molar-refractivity contribution is 0.389. The van der Waals surface area contributed by atoms with Crippen molar-refractivity contribution < 1.29 is 0 Å². The van der Waals surface area contributed by atoms with Crippen LogP contribution in [0.15, 0.2) is 36.8 Å². The molecule has 4 rings (SSSR count). The number of nitrogen functional groups attached to an aromatic ring is 1. The van der Waals surface area contributed by atoms with Gasteiger partial charge in [0.15, 0.2) is 0 Å². The Bertz CT molecular complexity index is 940. The van der Waals surface area contributed by atoms with Crippen LogP contribution in [-0.4, -0.2) is 40.3 Å². The summed E-state index contributed by atoms with van der Waals surface area (Å²) < 4.78 is 0. The molecular formula is C20H25N7. The molecule has 0 atom stereocenters. The van der Waals surface area contributed by atoms with Gasteiger partial charge in [0.25, 0.3) is 0 Å². The van der Waals surface area contributed by atoms with Gasteiger partial charge in [-0.3, -0.25) is 0 Å². The van der Waals surface area contributed by atoms with Crippen molar-refractivity contribution in [3.8, 4) is 0 Å². The zero-order chi connectivity index (χ0) is 18.6. The predicted octanol–water partition coefficient (Wildman–Crippen LogP) is 2.56. The molecule has 1 aliphatic heterocycles. The van der Waals surface area contributed by atoms with Crippen molar-refractivity contribution in [1.29, 1.82) is 5.41 Å². The fraction of sp³-hybridized carbons (Fsp3) is 0.350. The molecule has 0 spiro atoms. The maximum Gasteiger partial charge on any atom is 0.140 e. The zero-order valence-electron chi connectivity index (χ0n) is 15.3. The first-order valence-electron chi connectivity index (χ1n) is 9.40. The summed E-state index contributed by atoms with van der Waals surface area (Å²) in [5, 5.41) is 16.6. The number of nitrogens with one attached hydrogen (secondary N) is 4. The van der Waals surface area contributed by atoms with E-state index in [-0.39, 0.29) is 0 Å². The highest BCUT2D eigenvalue weighted by atomic mass is 15.0. The lowest BCUT2D eigenvalue weighted by atomic mass is 9.98. The van der Waals surface area contributed by atoms with Crippen molar-refractivity contribution in [3.63, 3.8) is 0 Å². The number of nitrogens with two attached hydrogens (primary N) is 1. The van der Waals surface area contributed by atoms with Gasteiger partial charge in [0.05, 0.1) is 11.3 Å². The quantitative estimate of drug-likeness (QED) is 0.432. The first-order valence-corrected chi connectivity index (χ1v) is 9.40. The van der Waals surface area contributed by atoms with Crippen LogP contribution in [0.3, 0.4) is 0 Å². The maximum atomic E-state index is 8.66. The zero-order valence-corrected chi connectivity index (χ0v) is 15.3. The van der Waals surface area contributed by atoms with Gasteiger partial charge in [-0.05, 0) is 43.5 Å². The minimum atomic E-state index is 0.350. The van der Waals surface area contributed by atoms with Crippen molar-refractivity contribution in [2.45, 2.75) is 19.3 Å². The second kappa shape index (κ2) is 7.75. The molecule has 0 unspecified atom stereocenters. The number of hydrogen-bond acceptors (Lipinski definition) is 6. The van der Waals surface area contributed by atoms with Crippen molar-refractivity contribution in [2.75, 3.05) is 30.7 Å². The second-order valence-electron chi connectivity index (χ2n) is 7.07. The molecule has 0 saturated carbocycles. The highest BCUT2D eigenvalue weighted by Crippen LogP contribution is 2.24. The standard InChI is InChI=1S/C20H25N7/c21-16(9-14-11-24-17-4-2-1-3-15(14)17)18-19(22)26-12-27-20(18)25-10-13-5-7-23-8-6-13/h1-4,11-13,21,23-24H,5-10H2,(H3,22,25,26,27). The molecule has 2 aromatic heterocycles. The van der Waals surface area contributed by atoms with Crippen LogP contribution in [-0.2, 0) is 6.42 Å². The summed E-state index contributed by atoms with van der Waals surface area (Å²) in [6.45, 7) is 2.95. The van der Waals surface area contributed by atoms with Gasteiger partial charge in [0.2, 0.25) is 0 Å². The van der Waals surface area contributed by atoms with Gasteiger partial charge in [-0.1, -0.05) is 18.2 Å². The average molecular weight is 363 g/mol. The number of hydrogen-bond donors (Lipinski definition) is 5. The van der Waals surface area contributed by atoms with E-state index < -0.39 is 0 Å². The second-order valence-corrected chi connectivity index (χ2v) is 7.07. The number of anilines is 2. The Morgan fingerprint density at radius 2 is 2.04 bits per heavy atom. The lowest BCUT2D eigenvalue weighted by Gasteiger charge is -2.23. The number of aromatic nitrogens is 3. The topological polar surface area (TPSA) is 116 Å². The number of para-hydroxylation sites is 1. The van der Waals surface area contributed by atoms with E-state index >= 15 is 0 Å². The number of aromatic amines is 1. The minimum Gasteiger partial charge on any atom is -0.383 e. The number of benzene rings is 1. The third-order valence-electron chi connectivity index (χ3n) is 5.24. The van der Waals surface area contributed by atoms with Gasteiger partial charge >= 0.3 is 0 Å². The number of H-pyrrole nitrogens is 1. The van der Waals surface area contributed by atoms with Crippen LogP contribution in [0.5, 0.6) is 0 Å². The largest absolute Gasteiger partial charge is 0.383 e. The Hall–Kier alpha value is -2.93. The molecular weight excluding hydrogens is 338 g/mol. The highest BCUT2D eigenvalue weighted by molar-refractivity contribution is 6.08. The van der Waals surface area contributed by atoms with E-state index in [1.165, 1.54) is 6.33 Å². The van der Waals surface area contributed by atoms with Crippen LogP contribution in [0.2, 0.25) is 0 Å². The van der Waals surface area contributed by atoms with Crippen molar-refractivity contribution in [2.24, 2.45) is 5.92 Å². The Labute approximate surface area is 158 Å². The summed E-state index contributed by atoms with van der Waals surface area (Å²) in [4.78, 5) is 11.7. The summed E-state index contributed by atoms with van der Waals surface area (Å²) in [6.07, 6.45) is 6.19. The minimum absolute atomic E-state index is 0.350. The normalized spacial score (nSPS) is 15.1. The van der Waals surface area contributed by atoms with Crippen LogP contribution in [0.4, 0.5) is 11.6 Å². The molecule has 0 aliphatic carbocycles. The fourth-order valence-electron chi connectivity index (χ4n) is 3.71. The molecule has 6 N–H and O–H groups in total. The molecule has 27 heavy (non-hydrogen) atoms. The van der Waals surface area contributed by atoms with Gasteiger partial charge in [-0.2, -0.15) is 0 Å².